The number of carbonyl (C=O) groups is 1. The highest BCUT2D eigenvalue weighted by atomic mass is 19.4. The van der Waals surface area contributed by atoms with Crippen LogP contribution in [0.3, 0.4) is 0 Å². The number of carbonyl (C=O) groups excluding carboxylic acids is 1. The third kappa shape index (κ3) is 3.47. The molecule has 7 nitrogen and oxygen atoms in total. The Hall–Kier alpha value is -2.88. The van der Waals surface area contributed by atoms with Crippen LogP contribution < -0.4 is 5.32 Å². The van der Waals surface area contributed by atoms with Gasteiger partial charge in [-0.25, -0.2) is 9.97 Å². The summed E-state index contributed by atoms with van der Waals surface area (Å²) in [5, 5.41) is 12.7. The van der Waals surface area contributed by atoms with Gasteiger partial charge in [0.15, 0.2) is 5.82 Å². The van der Waals surface area contributed by atoms with E-state index in [1.165, 1.54) is 13.2 Å². The first-order chi connectivity index (χ1) is 13.2. The fourth-order valence-corrected chi connectivity index (χ4v) is 3.16. The second-order valence-electron chi connectivity index (χ2n) is 6.43. The van der Waals surface area contributed by atoms with Crippen LogP contribution in [0.1, 0.15) is 25.0 Å². The summed E-state index contributed by atoms with van der Waals surface area (Å²) in [7, 11) is 1.32. The highest BCUT2D eigenvalue weighted by Crippen LogP contribution is 2.40. The lowest BCUT2D eigenvalue weighted by Crippen LogP contribution is -2.47. The number of para-hydroxylation sites is 2. The van der Waals surface area contributed by atoms with E-state index in [1.54, 1.807) is 0 Å². The van der Waals surface area contributed by atoms with Crippen LogP contribution in [-0.2, 0) is 30.5 Å². The molecule has 2 heterocycles. The number of hydrogen-bond acceptors (Lipinski definition) is 4. The van der Waals surface area contributed by atoms with E-state index in [9.17, 15) is 23.1 Å². The van der Waals surface area contributed by atoms with Gasteiger partial charge in [0.2, 0.25) is 11.5 Å². The fraction of sp³-hybridized carbons (Fsp3) is 0.389. The minimum absolute atomic E-state index is 0.0597. The number of imidazole rings is 2. The van der Waals surface area contributed by atoms with Crippen LogP contribution in [-0.4, -0.2) is 36.3 Å². The number of aromatic nitrogens is 4. The number of hydrogen-bond donors (Lipinski definition) is 2. The third-order valence-corrected chi connectivity index (χ3v) is 4.57. The Morgan fingerprint density at radius 1 is 1.29 bits per heavy atom. The Bertz CT molecular complexity index is 995. The number of alkyl halides is 3. The van der Waals surface area contributed by atoms with E-state index < -0.39 is 29.9 Å². The van der Waals surface area contributed by atoms with Gasteiger partial charge in [-0.05, 0) is 19.1 Å². The Morgan fingerprint density at radius 2 is 2.00 bits per heavy atom. The monoisotopic (exact) mass is 395 g/mol. The maximum Gasteiger partial charge on any atom is 0.425 e. The second-order valence-corrected chi connectivity index (χ2v) is 6.43. The van der Waals surface area contributed by atoms with Gasteiger partial charge >= 0.3 is 6.18 Å². The Labute approximate surface area is 158 Å². The number of aliphatic hydroxyl groups is 1. The van der Waals surface area contributed by atoms with Crippen molar-refractivity contribution in [2.24, 2.45) is 7.05 Å². The van der Waals surface area contributed by atoms with Crippen LogP contribution in [0.2, 0.25) is 0 Å². The largest absolute Gasteiger partial charge is 0.425 e. The van der Waals surface area contributed by atoms with Gasteiger partial charge in [0, 0.05) is 26.0 Å². The smallest absolute Gasteiger partial charge is 0.374 e. The molecule has 0 bridgehead atoms. The molecule has 0 aliphatic heterocycles. The predicted octanol–water partition coefficient (Wildman–Crippen LogP) is 2.25. The molecule has 0 aliphatic carbocycles. The topological polar surface area (TPSA) is 85.0 Å². The lowest BCUT2D eigenvalue weighted by Gasteiger charge is -2.29. The van der Waals surface area contributed by atoms with Gasteiger partial charge in [0.1, 0.15) is 5.82 Å². The molecule has 1 aromatic carbocycles. The van der Waals surface area contributed by atoms with Crippen molar-refractivity contribution in [3.63, 3.8) is 0 Å². The van der Waals surface area contributed by atoms with Crippen LogP contribution in [0.4, 0.5) is 13.2 Å². The first-order valence-electron chi connectivity index (χ1n) is 8.65. The molecule has 2 aromatic heterocycles. The zero-order valence-corrected chi connectivity index (χ0v) is 15.4. The molecule has 0 saturated heterocycles. The van der Waals surface area contributed by atoms with Crippen LogP contribution in [0.25, 0.3) is 11.0 Å². The lowest BCUT2D eigenvalue weighted by molar-refractivity contribution is -0.271. The molecule has 3 rings (SSSR count). The van der Waals surface area contributed by atoms with Crippen LogP contribution in [0.5, 0.6) is 0 Å². The molecule has 1 atom stereocenters. The average Bonchev–Trinajstić information content (AvgIpc) is 3.21. The molecule has 0 spiro atoms. The van der Waals surface area contributed by atoms with Gasteiger partial charge in [-0.2, -0.15) is 13.2 Å². The molecule has 0 fully saturated rings. The first-order valence-corrected chi connectivity index (χ1v) is 8.65. The average molecular weight is 395 g/mol. The SMILES string of the molecule is CCn1c(CNC(=O)CC(O)(c2nccn2C)C(F)(F)F)nc2ccccc21. The van der Waals surface area contributed by atoms with Gasteiger partial charge in [-0.3, -0.25) is 4.79 Å². The minimum atomic E-state index is -5.07. The fourth-order valence-electron chi connectivity index (χ4n) is 3.16. The van der Waals surface area contributed by atoms with E-state index in [4.69, 9.17) is 0 Å². The summed E-state index contributed by atoms with van der Waals surface area (Å²) in [4.78, 5) is 20.2. The molecule has 28 heavy (non-hydrogen) atoms. The standard InChI is InChI=1S/C18H20F3N5O2/c1-3-26-13-7-5-4-6-12(13)24-14(26)11-23-15(27)10-17(28,18(19,20)21)16-22-8-9-25(16)2/h4-9,28H,3,10-11H2,1-2H3,(H,23,27). The predicted molar refractivity (Wildman–Crippen MR) is 95.0 cm³/mol. The van der Waals surface area contributed by atoms with E-state index in [0.717, 1.165) is 21.8 Å². The van der Waals surface area contributed by atoms with Crippen molar-refractivity contribution >= 4 is 16.9 Å². The van der Waals surface area contributed by atoms with Crippen molar-refractivity contribution in [3.8, 4) is 0 Å². The number of nitrogens with zero attached hydrogens (tertiary/aromatic N) is 4. The molecule has 3 aromatic rings. The lowest BCUT2D eigenvalue weighted by atomic mass is 9.97. The van der Waals surface area contributed by atoms with E-state index in [-0.39, 0.29) is 6.54 Å². The summed E-state index contributed by atoms with van der Waals surface area (Å²) in [5.41, 5.74) is -1.79. The molecule has 10 heteroatoms. The van der Waals surface area contributed by atoms with Crippen LogP contribution >= 0.6 is 0 Å². The summed E-state index contributed by atoms with van der Waals surface area (Å²) in [6, 6.07) is 7.37. The maximum absolute atomic E-state index is 13.5. The first kappa shape index (κ1) is 19.9. The number of rotatable bonds is 6. The molecule has 1 unspecified atom stereocenters. The van der Waals surface area contributed by atoms with Gasteiger partial charge in [0.05, 0.1) is 24.0 Å². The molecular formula is C18H20F3N5O2. The molecule has 150 valence electrons. The third-order valence-electron chi connectivity index (χ3n) is 4.57. The number of halogens is 3. The van der Waals surface area contributed by atoms with Gasteiger partial charge in [0.25, 0.3) is 0 Å². The van der Waals surface area contributed by atoms with Gasteiger partial charge in [-0.1, -0.05) is 12.1 Å². The van der Waals surface area contributed by atoms with Gasteiger partial charge in [-0.15, -0.1) is 0 Å². The zero-order chi connectivity index (χ0) is 20.5. The van der Waals surface area contributed by atoms with E-state index in [2.05, 4.69) is 15.3 Å². The second kappa shape index (κ2) is 7.27. The van der Waals surface area contributed by atoms with Gasteiger partial charge < -0.3 is 19.6 Å². The van der Waals surface area contributed by atoms with Crippen molar-refractivity contribution in [2.45, 2.75) is 38.2 Å². The number of nitrogens with one attached hydrogen (secondary N) is 1. The Balaban J connectivity index is 1.79. The summed E-state index contributed by atoms with van der Waals surface area (Å²) in [6.45, 7) is 2.43. The highest BCUT2D eigenvalue weighted by Gasteiger charge is 2.58. The van der Waals surface area contributed by atoms with E-state index >= 15 is 0 Å². The maximum atomic E-state index is 13.5. The van der Waals surface area contributed by atoms with Crippen LogP contribution in [0, 0.1) is 0 Å². The molecule has 0 saturated carbocycles. The van der Waals surface area contributed by atoms with Crippen molar-refractivity contribution in [1.82, 2.24) is 24.4 Å². The Morgan fingerprint density at radius 3 is 2.61 bits per heavy atom. The molecule has 2 N–H and O–H groups in total. The van der Waals surface area contributed by atoms with Crippen LogP contribution in [0.15, 0.2) is 36.7 Å². The van der Waals surface area contributed by atoms with E-state index in [1.807, 2.05) is 35.8 Å². The molecular weight excluding hydrogens is 375 g/mol. The zero-order valence-electron chi connectivity index (χ0n) is 15.4. The van der Waals surface area contributed by atoms with E-state index in [0.29, 0.717) is 12.4 Å². The number of amides is 1. The summed E-state index contributed by atoms with van der Waals surface area (Å²) in [5.74, 6) is -1.09. The van der Waals surface area contributed by atoms with Crippen molar-refractivity contribution in [2.75, 3.05) is 0 Å². The summed E-state index contributed by atoms with van der Waals surface area (Å²) in [6.07, 6.45) is -3.87. The van der Waals surface area contributed by atoms with Crippen molar-refractivity contribution < 1.29 is 23.1 Å². The summed E-state index contributed by atoms with van der Waals surface area (Å²) >= 11 is 0. The van der Waals surface area contributed by atoms with Crippen molar-refractivity contribution in [1.29, 1.82) is 0 Å². The highest BCUT2D eigenvalue weighted by molar-refractivity contribution is 5.78. The van der Waals surface area contributed by atoms with Crippen molar-refractivity contribution in [3.05, 3.63) is 48.3 Å². The molecule has 0 radical (unpaired) electrons. The minimum Gasteiger partial charge on any atom is -0.374 e. The number of benzene rings is 1. The molecule has 0 aliphatic rings. The summed E-state index contributed by atoms with van der Waals surface area (Å²) < 4.78 is 43.5. The number of fused-ring (bicyclic) bond motifs is 1. The Kier molecular flexibility index (Phi) is 5.16. The normalized spacial score (nSPS) is 14.2. The number of aryl methyl sites for hydroxylation is 2. The molecule has 1 amide bonds. The quantitative estimate of drug-likeness (QED) is 0.671.